The monoisotopic (exact) mass is 407 g/mol. The Labute approximate surface area is 172 Å². The van der Waals surface area contributed by atoms with E-state index in [1.54, 1.807) is 24.3 Å². The first-order valence-corrected chi connectivity index (χ1v) is 10.4. The van der Waals surface area contributed by atoms with E-state index in [9.17, 15) is 14.4 Å². The van der Waals surface area contributed by atoms with Gasteiger partial charge in [-0.05, 0) is 50.1 Å². The summed E-state index contributed by atoms with van der Waals surface area (Å²) < 4.78 is 3.18. The summed E-state index contributed by atoms with van der Waals surface area (Å²) in [6, 6.07) is 10.7. The number of anilines is 1. The molecular weight excluding hydrogens is 386 g/mol. The topological polar surface area (TPSA) is 71.7 Å². The molecule has 3 aromatic rings. The van der Waals surface area contributed by atoms with E-state index < -0.39 is 5.91 Å². The van der Waals surface area contributed by atoms with Gasteiger partial charge in [0.1, 0.15) is 0 Å². The summed E-state index contributed by atoms with van der Waals surface area (Å²) in [5.74, 6) is -0.873. The van der Waals surface area contributed by atoms with Crippen LogP contribution in [-0.2, 0) is 16.1 Å². The first-order valence-electron chi connectivity index (χ1n) is 9.55. The summed E-state index contributed by atoms with van der Waals surface area (Å²) in [5, 5.41) is 0. The van der Waals surface area contributed by atoms with Crippen LogP contribution in [0.4, 0.5) is 5.69 Å². The molecule has 7 heteroatoms. The zero-order chi connectivity index (χ0) is 20.7. The summed E-state index contributed by atoms with van der Waals surface area (Å²) in [7, 11) is 0. The summed E-state index contributed by atoms with van der Waals surface area (Å²) >= 11 is 1.50. The van der Waals surface area contributed by atoms with E-state index >= 15 is 0 Å². The van der Waals surface area contributed by atoms with Crippen LogP contribution in [0.25, 0.3) is 10.2 Å². The van der Waals surface area contributed by atoms with Gasteiger partial charge in [-0.25, -0.2) is 0 Å². The number of carbonyl (C=O) groups is 3. The van der Waals surface area contributed by atoms with E-state index in [0.717, 1.165) is 26.2 Å². The Morgan fingerprint density at radius 3 is 2.45 bits per heavy atom. The molecule has 0 aliphatic carbocycles. The van der Waals surface area contributed by atoms with Crippen molar-refractivity contribution < 1.29 is 14.4 Å². The first-order chi connectivity index (χ1) is 13.9. The highest BCUT2D eigenvalue weighted by Crippen LogP contribution is 2.26. The van der Waals surface area contributed by atoms with Gasteiger partial charge in [0.2, 0.25) is 11.8 Å². The van der Waals surface area contributed by atoms with Gasteiger partial charge in [-0.1, -0.05) is 29.5 Å². The zero-order valence-corrected chi connectivity index (χ0v) is 17.4. The SMILES string of the molecule is CCn1c(=NC(=O)c2cccc(N3C(=O)CCC3=O)c2)sc2c(C)ccc(C)c21. The summed E-state index contributed by atoms with van der Waals surface area (Å²) in [5.41, 5.74) is 4.17. The van der Waals surface area contributed by atoms with Crippen molar-refractivity contribution in [2.24, 2.45) is 4.99 Å². The fourth-order valence-corrected chi connectivity index (χ4v) is 4.89. The quantitative estimate of drug-likeness (QED) is 0.621. The minimum absolute atomic E-state index is 0.207. The standard InChI is InChI=1S/C22H21N3O3S/c1-4-24-19-13(2)8-9-14(3)20(19)29-22(24)23-21(28)15-6-5-7-16(12-15)25-17(26)10-11-18(25)27/h5-9,12H,4,10-11H2,1-3H3. The molecule has 1 aromatic heterocycles. The molecule has 0 bridgehead atoms. The molecule has 3 amide bonds. The number of fused-ring (bicyclic) bond motifs is 1. The van der Waals surface area contributed by atoms with Gasteiger partial charge in [0.25, 0.3) is 5.91 Å². The van der Waals surface area contributed by atoms with Crippen LogP contribution < -0.4 is 9.70 Å². The molecule has 0 unspecified atom stereocenters. The summed E-state index contributed by atoms with van der Waals surface area (Å²) in [6.07, 6.45) is 0.413. The van der Waals surface area contributed by atoms with Crippen LogP contribution in [0.3, 0.4) is 0 Å². The predicted molar refractivity (Wildman–Crippen MR) is 113 cm³/mol. The van der Waals surface area contributed by atoms with Gasteiger partial charge in [-0.3, -0.25) is 19.3 Å². The Morgan fingerprint density at radius 2 is 1.76 bits per heavy atom. The molecule has 6 nitrogen and oxygen atoms in total. The van der Waals surface area contributed by atoms with E-state index in [-0.39, 0.29) is 24.7 Å². The molecule has 0 atom stereocenters. The van der Waals surface area contributed by atoms with Crippen LogP contribution in [0, 0.1) is 13.8 Å². The van der Waals surface area contributed by atoms with Gasteiger partial charge in [0.15, 0.2) is 4.80 Å². The number of aromatic nitrogens is 1. The number of benzene rings is 2. The van der Waals surface area contributed by atoms with Crippen LogP contribution in [0.5, 0.6) is 0 Å². The molecule has 2 aromatic carbocycles. The summed E-state index contributed by atoms with van der Waals surface area (Å²) in [4.78, 5) is 43.1. The highest BCUT2D eigenvalue weighted by Gasteiger charge is 2.30. The lowest BCUT2D eigenvalue weighted by Gasteiger charge is -2.14. The molecule has 1 fully saturated rings. The zero-order valence-electron chi connectivity index (χ0n) is 16.6. The molecule has 1 aliphatic rings. The van der Waals surface area contributed by atoms with Crippen LogP contribution in [0.1, 0.15) is 41.3 Å². The number of thiazole rings is 1. The molecule has 148 valence electrons. The average Bonchev–Trinajstić information content (AvgIpc) is 3.25. The Balaban J connectivity index is 1.79. The van der Waals surface area contributed by atoms with Crippen molar-refractivity contribution in [3.05, 3.63) is 57.9 Å². The first kappa shape index (κ1) is 19.3. The Hall–Kier alpha value is -3.06. The maximum atomic E-state index is 12.9. The number of nitrogens with zero attached hydrogens (tertiary/aromatic N) is 3. The number of hydrogen-bond acceptors (Lipinski definition) is 4. The minimum atomic E-state index is -0.394. The molecule has 2 heterocycles. The molecule has 0 radical (unpaired) electrons. The molecule has 1 saturated heterocycles. The lowest BCUT2D eigenvalue weighted by Crippen LogP contribution is -2.28. The maximum absolute atomic E-state index is 12.9. The van der Waals surface area contributed by atoms with Crippen molar-refractivity contribution in [3.63, 3.8) is 0 Å². The molecular formula is C22H21N3O3S. The van der Waals surface area contributed by atoms with E-state index in [1.165, 1.54) is 11.3 Å². The average molecular weight is 407 g/mol. The van der Waals surface area contributed by atoms with Crippen molar-refractivity contribution in [1.82, 2.24) is 4.57 Å². The van der Waals surface area contributed by atoms with Crippen LogP contribution in [0.2, 0.25) is 0 Å². The van der Waals surface area contributed by atoms with Crippen molar-refractivity contribution in [2.45, 2.75) is 40.2 Å². The van der Waals surface area contributed by atoms with Gasteiger partial charge in [0, 0.05) is 24.9 Å². The van der Waals surface area contributed by atoms with E-state index in [2.05, 4.69) is 35.5 Å². The molecule has 29 heavy (non-hydrogen) atoms. The largest absolute Gasteiger partial charge is 0.316 e. The third-order valence-corrected chi connectivity index (χ3v) is 6.35. The fourth-order valence-electron chi connectivity index (χ4n) is 3.65. The van der Waals surface area contributed by atoms with E-state index in [4.69, 9.17) is 0 Å². The highest BCUT2D eigenvalue weighted by atomic mass is 32.1. The van der Waals surface area contributed by atoms with Gasteiger partial charge in [-0.2, -0.15) is 4.99 Å². The third kappa shape index (κ3) is 3.31. The van der Waals surface area contributed by atoms with Crippen molar-refractivity contribution in [2.75, 3.05) is 4.90 Å². The second-order valence-corrected chi connectivity index (χ2v) is 8.07. The Morgan fingerprint density at radius 1 is 1.07 bits per heavy atom. The number of carbonyl (C=O) groups excluding carboxylic acids is 3. The number of amides is 3. The number of hydrogen-bond donors (Lipinski definition) is 0. The van der Waals surface area contributed by atoms with Crippen LogP contribution in [0.15, 0.2) is 41.4 Å². The second kappa shape index (κ2) is 7.40. The lowest BCUT2D eigenvalue weighted by atomic mass is 10.1. The predicted octanol–water partition coefficient (Wildman–Crippen LogP) is 3.73. The second-order valence-electron chi connectivity index (χ2n) is 7.10. The van der Waals surface area contributed by atoms with Gasteiger partial charge >= 0.3 is 0 Å². The number of imide groups is 1. The van der Waals surface area contributed by atoms with Crippen LogP contribution in [-0.4, -0.2) is 22.3 Å². The van der Waals surface area contributed by atoms with Crippen molar-refractivity contribution >= 4 is 45.0 Å². The molecule has 4 rings (SSSR count). The van der Waals surface area contributed by atoms with Crippen LogP contribution >= 0.6 is 11.3 Å². The highest BCUT2D eigenvalue weighted by molar-refractivity contribution is 7.16. The van der Waals surface area contributed by atoms with Crippen molar-refractivity contribution in [1.29, 1.82) is 0 Å². The van der Waals surface area contributed by atoms with E-state index in [1.807, 2.05) is 6.92 Å². The van der Waals surface area contributed by atoms with Gasteiger partial charge in [0.05, 0.1) is 15.9 Å². The van der Waals surface area contributed by atoms with Crippen molar-refractivity contribution in [3.8, 4) is 0 Å². The van der Waals surface area contributed by atoms with Gasteiger partial charge < -0.3 is 4.57 Å². The number of aryl methyl sites for hydroxylation is 3. The van der Waals surface area contributed by atoms with E-state index in [0.29, 0.717) is 22.6 Å². The molecule has 0 spiro atoms. The molecule has 1 aliphatic heterocycles. The minimum Gasteiger partial charge on any atom is -0.316 e. The third-order valence-electron chi connectivity index (χ3n) is 5.14. The molecule has 0 N–H and O–H groups in total. The smallest absolute Gasteiger partial charge is 0.279 e. The summed E-state index contributed by atoms with van der Waals surface area (Å²) in [6.45, 7) is 6.84. The Bertz CT molecular complexity index is 1220. The Kier molecular flexibility index (Phi) is 4.92. The fraction of sp³-hybridized carbons (Fsp3) is 0.273. The maximum Gasteiger partial charge on any atom is 0.279 e. The lowest BCUT2D eigenvalue weighted by molar-refractivity contribution is -0.121. The normalized spacial score (nSPS) is 15.0. The molecule has 0 saturated carbocycles. The number of rotatable bonds is 3. The van der Waals surface area contributed by atoms with Gasteiger partial charge in [-0.15, -0.1) is 0 Å².